The van der Waals surface area contributed by atoms with Gasteiger partial charge in [-0.1, -0.05) is 71.9 Å². The van der Waals surface area contributed by atoms with Crippen LogP contribution >= 0.6 is 0 Å². The molecule has 0 bridgehead atoms. The van der Waals surface area contributed by atoms with E-state index >= 15 is 0 Å². The summed E-state index contributed by atoms with van der Waals surface area (Å²) in [4.78, 5) is 14.3. The highest BCUT2D eigenvalue weighted by atomic mass is 16.5. The molecule has 232 valence electrons. The second-order valence-electron chi connectivity index (χ2n) is 16.6. The van der Waals surface area contributed by atoms with Gasteiger partial charge in [0.25, 0.3) is 0 Å². The molecule has 5 nitrogen and oxygen atoms in total. The summed E-state index contributed by atoms with van der Waals surface area (Å²) in [6, 6.07) is 10.1. The summed E-state index contributed by atoms with van der Waals surface area (Å²) in [5.74, 6) is 2.28. The van der Waals surface area contributed by atoms with Crippen LogP contribution in [0.2, 0.25) is 0 Å². The van der Waals surface area contributed by atoms with Crippen LogP contribution in [0.25, 0.3) is 0 Å². The summed E-state index contributed by atoms with van der Waals surface area (Å²) in [7, 11) is 0. The van der Waals surface area contributed by atoms with Gasteiger partial charge in [0.15, 0.2) is 0 Å². The molecule has 1 aromatic rings. The van der Waals surface area contributed by atoms with E-state index in [-0.39, 0.29) is 45.6 Å². The van der Waals surface area contributed by atoms with Gasteiger partial charge >= 0.3 is 5.97 Å². The first-order chi connectivity index (χ1) is 19.8. The molecule has 0 heterocycles. The Labute approximate surface area is 253 Å². The van der Waals surface area contributed by atoms with Gasteiger partial charge in [-0.3, -0.25) is 4.79 Å². The molecule has 5 aliphatic rings. The molecule has 5 fully saturated rings. The average Bonchev–Trinajstić information content (AvgIpc) is 3.36. The van der Waals surface area contributed by atoms with Crippen molar-refractivity contribution >= 4 is 12.2 Å². The number of aliphatic hydroxyl groups excluding tert-OH is 1. The van der Waals surface area contributed by atoms with Gasteiger partial charge in [-0.15, -0.1) is 5.16 Å². The molecule has 5 heteroatoms. The third-order valence-corrected chi connectivity index (χ3v) is 15.1. The summed E-state index contributed by atoms with van der Waals surface area (Å²) in [6.45, 7) is 14.9. The highest BCUT2D eigenvalue weighted by molar-refractivity contribution is 5.78. The smallest absolute Gasteiger partial charge is 0.312 e. The molecule has 42 heavy (non-hydrogen) atoms. The van der Waals surface area contributed by atoms with Crippen molar-refractivity contribution in [3.63, 3.8) is 0 Å². The molecular weight excluding hydrogens is 522 g/mol. The van der Waals surface area contributed by atoms with Crippen LogP contribution in [0.4, 0.5) is 0 Å². The van der Waals surface area contributed by atoms with Gasteiger partial charge in [0.1, 0.15) is 6.61 Å². The molecule has 0 aromatic heterocycles. The highest BCUT2D eigenvalue weighted by Crippen LogP contribution is 2.77. The molecular formula is C37H55NO4. The minimum absolute atomic E-state index is 0.00000420. The molecule has 0 aliphatic heterocycles. The first kappa shape index (κ1) is 30.2. The van der Waals surface area contributed by atoms with Gasteiger partial charge in [0, 0.05) is 6.21 Å². The van der Waals surface area contributed by atoms with E-state index in [9.17, 15) is 15.1 Å². The van der Waals surface area contributed by atoms with Gasteiger partial charge in [-0.05, 0) is 127 Å². The molecule has 0 radical (unpaired) electrons. The fraction of sp³-hybridized carbons (Fsp3) is 0.784. The summed E-state index contributed by atoms with van der Waals surface area (Å²) in [6.07, 6.45) is 12.1. The van der Waals surface area contributed by atoms with Crippen LogP contribution < -0.4 is 0 Å². The minimum Gasteiger partial charge on any atom is -0.460 e. The average molecular weight is 578 g/mol. The van der Waals surface area contributed by atoms with E-state index in [4.69, 9.17) is 4.74 Å². The van der Waals surface area contributed by atoms with Gasteiger partial charge in [0.05, 0.1) is 11.5 Å². The van der Waals surface area contributed by atoms with E-state index in [1.165, 1.54) is 19.3 Å². The lowest BCUT2D eigenvalue weighted by Crippen LogP contribution is -2.67. The summed E-state index contributed by atoms with van der Waals surface area (Å²) < 4.78 is 6.18. The van der Waals surface area contributed by atoms with E-state index in [0.29, 0.717) is 30.3 Å². The Kier molecular flexibility index (Phi) is 7.43. The number of nitrogens with zero attached hydrogens (tertiary/aromatic N) is 1. The number of oxime groups is 1. The van der Waals surface area contributed by atoms with E-state index in [2.05, 4.69) is 46.7 Å². The number of esters is 1. The third-order valence-electron chi connectivity index (χ3n) is 15.1. The van der Waals surface area contributed by atoms with Crippen LogP contribution in [0, 0.1) is 62.6 Å². The largest absolute Gasteiger partial charge is 0.460 e. The maximum Gasteiger partial charge on any atom is 0.312 e. The Morgan fingerprint density at radius 3 is 2.38 bits per heavy atom. The number of hydrogen-bond donors (Lipinski definition) is 2. The Hall–Kier alpha value is -1.88. The number of carbonyl (C=O) groups excluding carboxylic acids is 1. The predicted molar refractivity (Wildman–Crippen MR) is 166 cm³/mol. The number of ether oxygens (including phenoxy) is 1. The van der Waals surface area contributed by atoms with Crippen molar-refractivity contribution in [1.82, 2.24) is 0 Å². The van der Waals surface area contributed by atoms with Crippen molar-refractivity contribution in [2.45, 2.75) is 118 Å². The number of rotatable bonds is 5. The number of fused-ring (bicyclic) bond motifs is 7. The Morgan fingerprint density at radius 1 is 0.929 bits per heavy atom. The number of carbonyl (C=O) groups is 1. The standard InChI is InChI=1S/C37H55NO4/c1-24(22-38-41)26-14-19-37(32(40)42-23-25-10-8-7-9-11-25)21-20-35(5)27(31(26)37)12-13-29-34(4)17-16-30(39)33(2,3)28(34)15-18-36(29,35)6/h7-11,22,24,26-31,39,41H,12-21,23H2,1-6H3/b38-22+/t24?,26-,27?,28?,29?,30+,31?,34-,35+,36+,37-/m0/s1. The summed E-state index contributed by atoms with van der Waals surface area (Å²) >= 11 is 0. The summed E-state index contributed by atoms with van der Waals surface area (Å²) in [5.41, 5.74) is 1.10. The van der Waals surface area contributed by atoms with Crippen molar-refractivity contribution < 1.29 is 19.8 Å². The van der Waals surface area contributed by atoms with Crippen LogP contribution in [0.1, 0.15) is 111 Å². The topological polar surface area (TPSA) is 79.1 Å². The second kappa shape index (κ2) is 10.3. The maximum atomic E-state index is 14.3. The van der Waals surface area contributed by atoms with E-state index in [0.717, 1.165) is 50.5 Å². The Bertz CT molecular complexity index is 1200. The van der Waals surface area contributed by atoms with Crippen molar-refractivity contribution in [3.05, 3.63) is 35.9 Å². The Balaban J connectivity index is 1.35. The lowest BCUT2D eigenvalue weighted by Gasteiger charge is -2.72. The monoisotopic (exact) mass is 577 g/mol. The van der Waals surface area contributed by atoms with E-state index in [1.54, 1.807) is 6.21 Å². The minimum atomic E-state index is -0.456. The molecule has 5 aliphatic carbocycles. The van der Waals surface area contributed by atoms with Crippen molar-refractivity contribution in [2.24, 2.45) is 67.7 Å². The highest BCUT2D eigenvalue weighted by Gasteiger charge is 2.72. The van der Waals surface area contributed by atoms with Crippen LogP contribution in [0.5, 0.6) is 0 Å². The molecule has 2 N–H and O–H groups in total. The zero-order valence-electron chi connectivity index (χ0n) is 26.9. The molecule has 5 unspecified atom stereocenters. The number of hydrogen-bond acceptors (Lipinski definition) is 5. The van der Waals surface area contributed by atoms with Crippen molar-refractivity contribution in [1.29, 1.82) is 0 Å². The number of aliphatic hydroxyl groups is 1. The molecule has 0 spiro atoms. The normalized spacial score (nSPS) is 46.6. The molecule has 5 saturated carbocycles. The van der Waals surface area contributed by atoms with Gasteiger partial charge in [-0.25, -0.2) is 0 Å². The SMILES string of the molecule is CC(/C=N/O)[C@@H]1CC[C@]2(C(=O)OCc3ccccc3)CC[C@]3(C)C(CCC4[C@@]5(C)CC[C@@H](O)C(C)(C)C5CC[C@]43C)C12. The first-order valence-corrected chi connectivity index (χ1v) is 16.9. The molecule has 0 amide bonds. The quantitative estimate of drug-likeness (QED) is 0.160. The van der Waals surface area contributed by atoms with Crippen molar-refractivity contribution in [2.75, 3.05) is 0 Å². The van der Waals surface area contributed by atoms with E-state index < -0.39 is 5.41 Å². The zero-order valence-corrected chi connectivity index (χ0v) is 26.9. The molecule has 1 aromatic carbocycles. The van der Waals surface area contributed by atoms with Crippen LogP contribution in [-0.2, 0) is 16.1 Å². The lowest BCUT2D eigenvalue weighted by atomic mass is 9.32. The van der Waals surface area contributed by atoms with Crippen molar-refractivity contribution in [3.8, 4) is 0 Å². The zero-order chi connectivity index (χ0) is 30.1. The van der Waals surface area contributed by atoms with Crippen LogP contribution in [-0.4, -0.2) is 28.6 Å². The molecule has 11 atom stereocenters. The maximum absolute atomic E-state index is 14.3. The third kappa shape index (κ3) is 4.10. The molecule has 6 rings (SSSR count). The predicted octanol–water partition coefficient (Wildman–Crippen LogP) is 8.27. The fourth-order valence-corrected chi connectivity index (χ4v) is 12.7. The van der Waals surface area contributed by atoms with E-state index in [1.807, 2.05) is 30.3 Å². The lowest BCUT2D eigenvalue weighted by molar-refractivity contribution is -0.250. The first-order valence-electron chi connectivity index (χ1n) is 16.9. The van der Waals surface area contributed by atoms with Crippen LogP contribution in [0.15, 0.2) is 35.5 Å². The second-order valence-corrected chi connectivity index (χ2v) is 16.6. The van der Waals surface area contributed by atoms with Gasteiger partial charge < -0.3 is 15.1 Å². The Morgan fingerprint density at radius 2 is 1.67 bits per heavy atom. The van der Waals surface area contributed by atoms with Gasteiger partial charge in [0.2, 0.25) is 0 Å². The summed E-state index contributed by atoms with van der Waals surface area (Å²) in [5, 5.41) is 24.0. The molecule has 0 saturated heterocycles. The van der Waals surface area contributed by atoms with Gasteiger partial charge in [-0.2, -0.15) is 0 Å². The van der Waals surface area contributed by atoms with Crippen LogP contribution in [0.3, 0.4) is 0 Å². The number of benzene rings is 1. The fourth-order valence-electron chi connectivity index (χ4n) is 12.7.